The van der Waals surface area contributed by atoms with E-state index in [0.29, 0.717) is 24.7 Å². The summed E-state index contributed by atoms with van der Waals surface area (Å²) < 4.78 is 108. The van der Waals surface area contributed by atoms with E-state index in [1.54, 1.807) is 120 Å². The Hall–Kier alpha value is -6.22. The van der Waals surface area contributed by atoms with Gasteiger partial charge in [0.25, 0.3) is 0 Å². The molecule has 0 bridgehead atoms. The molecule has 0 aromatic rings. The zero-order valence-electron chi connectivity index (χ0n) is 75.0. The van der Waals surface area contributed by atoms with Gasteiger partial charge in [-0.25, -0.2) is 0 Å². The van der Waals surface area contributed by atoms with Crippen molar-refractivity contribution in [2.24, 2.45) is 53.3 Å². The molecule has 4 saturated heterocycles. The van der Waals surface area contributed by atoms with Gasteiger partial charge in [-0.3, -0.25) is 48.2 Å². The lowest BCUT2D eigenvalue weighted by Gasteiger charge is -2.48. The molecular weight excluding hydrogens is 1570 g/mol. The van der Waals surface area contributed by atoms with E-state index in [9.17, 15) is 63.3 Å². The Balaban J connectivity index is 0.000000427. The molecule has 33 nitrogen and oxygen atoms in total. The van der Waals surface area contributed by atoms with E-state index in [-0.39, 0.29) is 68.6 Å². The topological polar surface area (TPSA) is 404 Å². The first-order chi connectivity index (χ1) is 56.5. The van der Waals surface area contributed by atoms with Crippen molar-refractivity contribution in [3.63, 3.8) is 0 Å². The van der Waals surface area contributed by atoms with Crippen LogP contribution in [0.2, 0.25) is 0 Å². The SMILES string of the molecule is CC[C@H]1OC(=O)C[C@@H](O)[C@H](C)[C@@H](O[C@@H]2OC(C)[C@@H](OC(C)=O)C(N(C)C)C2OC(C)=O)[C@@H](CC=O)C[C@@H](C)C(=O)/C=C/C(C)=C/[C@@H]1CO[C@@H]1OC(C)[C@@H](C)[C@H](OC)C1OC.CC[C@H]1OC(=O)C[C@@H](O)[C@H](C)[C@@H](O[C@@H]2OC(C)[C@@H](OC(C)=O)C(N(C)C)C2OC(C)=O)[C@@H](CC=O)C[C@@H](C)C(=O)/C=C/C(C)=C/[C@@H]1CO[C@@H]1OC(C)[C@@H](O)[C@H](OC)C1OC. The predicted molar refractivity (Wildman–Crippen MR) is 433 cm³/mol. The standard InChI is InChI=1S/C44H71NO15.C43H69NO16/c1-14-35-32(22-54-43-42(53-13)39(52-12)25(4)27(6)55-43)19-23(2)15-16-33(49)24(3)20-31(17-18-46)38(26(5)34(50)21-36(51)59-35)60-44-41(58-30(9)48)37(45(10)11)40(28(7)56-44)57-29(8)47;1-13-33-30(21-54-42-41(53-12)40(52-11)36(51)25(5)55-42)18-22(2)14-15-31(48)23(3)19-29(16-17-45)37(24(4)32(49)20-34(50)59-33)60-43-39(58-28(8)47)35(44(9)10)38(26(6)56-43)57-27(7)46/h15-16,18-19,24-28,31-32,34-35,37-44,50H,14,17,20-22H2,1-13H3;14-15,17-18,23-26,29-30,32-33,35-43,49,51H,13,16,19-21H2,1-12H3/b16-15+,23-19+;15-14+,22-18+/t24-,25-,26+,27?,28?,31+,32-,34-,35-,37?,38-,39+,40-,41?,42?,43-,44+;23-,24+,25?,26?,29+,30-,32-,33-,35?,36-,37-,38-,39?,40+,41?,42-,43+/m11/s1. The Morgan fingerprint density at radius 2 is 0.775 bits per heavy atom. The molecule has 120 heavy (non-hydrogen) atoms. The molecule has 33 heteroatoms. The molecule has 0 saturated carbocycles. The average Bonchev–Trinajstić information content (AvgIpc) is 0.780. The largest absolute Gasteiger partial charge is 0.462 e. The summed E-state index contributed by atoms with van der Waals surface area (Å²) in [6.45, 7) is 28.3. The minimum Gasteiger partial charge on any atom is -0.462 e. The summed E-state index contributed by atoms with van der Waals surface area (Å²) in [7, 11) is 13.0. The number of aliphatic hydroxyl groups is 3. The van der Waals surface area contributed by atoms with Crippen LogP contribution in [0.4, 0.5) is 0 Å². The quantitative estimate of drug-likeness (QED) is 0.0461. The first kappa shape index (κ1) is 104. The fraction of sp³-hybridized carbons (Fsp3) is 0.793. The lowest BCUT2D eigenvalue weighted by atomic mass is 9.79. The molecule has 0 spiro atoms. The number of ether oxygens (including phenoxy) is 18. The van der Waals surface area contributed by atoms with Gasteiger partial charge in [0, 0.05) is 110 Å². The Morgan fingerprint density at radius 3 is 1.10 bits per heavy atom. The van der Waals surface area contributed by atoms with E-state index in [2.05, 4.69) is 0 Å². The van der Waals surface area contributed by atoms with Crippen LogP contribution < -0.4 is 0 Å². The molecular formula is C87H140N2O31. The van der Waals surface area contributed by atoms with E-state index >= 15 is 0 Å². The summed E-state index contributed by atoms with van der Waals surface area (Å²) in [5, 5.41) is 34.2. The number of hydrogen-bond donors (Lipinski definition) is 3. The number of aldehydes is 2. The smallest absolute Gasteiger partial charge is 0.308 e. The van der Waals surface area contributed by atoms with Crippen molar-refractivity contribution in [2.75, 3.05) is 69.8 Å². The van der Waals surface area contributed by atoms with Crippen LogP contribution in [0.15, 0.2) is 47.6 Å². The van der Waals surface area contributed by atoms with Gasteiger partial charge in [-0.2, -0.15) is 0 Å². The van der Waals surface area contributed by atoms with Gasteiger partial charge in [-0.05, 0) is 119 Å². The van der Waals surface area contributed by atoms with Crippen molar-refractivity contribution >= 4 is 60.0 Å². The maximum Gasteiger partial charge on any atom is 0.308 e. The lowest BCUT2D eigenvalue weighted by Crippen LogP contribution is -2.65. The second kappa shape index (κ2) is 50.1. The van der Waals surface area contributed by atoms with Crippen LogP contribution in [-0.2, 0) is 133 Å². The number of esters is 6. The van der Waals surface area contributed by atoms with Gasteiger partial charge in [-0.15, -0.1) is 0 Å². The highest BCUT2D eigenvalue weighted by molar-refractivity contribution is 5.92. The fourth-order valence-electron chi connectivity index (χ4n) is 17.0. The number of nitrogens with zero attached hydrogens (tertiary/aromatic N) is 2. The number of likely N-dealkylation sites (N-methyl/N-ethyl adjacent to an activating group) is 2. The number of carbonyl (C=O) groups is 10. The van der Waals surface area contributed by atoms with Gasteiger partial charge >= 0.3 is 35.8 Å². The van der Waals surface area contributed by atoms with E-state index in [1.165, 1.54) is 54.1 Å². The Bertz CT molecular complexity index is 3190. The molecule has 0 aromatic carbocycles. The highest BCUT2D eigenvalue weighted by Crippen LogP contribution is 2.40. The molecule has 4 fully saturated rings. The maximum atomic E-state index is 13.8. The van der Waals surface area contributed by atoms with Crippen LogP contribution in [0.3, 0.4) is 0 Å². The molecule has 6 aliphatic rings. The zero-order valence-corrected chi connectivity index (χ0v) is 75.0. The molecule has 10 unspecified atom stereocenters. The fourth-order valence-corrected chi connectivity index (χ4v) is 17.0. The molecule has 0 radical (unpaired) electrons. The lowest BCUT2D eigenvalue weighted by molar-refractivity contribution is -0.308. The van der Waals surface area contributed by atoms with Gasteiger partial charge in [0.1, 0.15) is 61.4 Å². The van der Waals surface area contributed by atoms with Crippen LogP contribution in [0.1, 0.15) is 169 Å². The van der Waals surface area contributed by atoms with Gasteiger partial charge in [0.2, 0.25) is 0 Å². The summed E-state index contributed by atoms with van der Waals surface area (Å²) in [6.07, 6.45) is -8.54. The third kappa shape index (κ3) is 29.5. The highest BCUT2D eigenvalue weighted by Gasteiger charge is 2.55. The van der Waals surface area contributed by atoms with Gasteiger partial charge in [0.05, 0.1) is 93.1 Å². The minimum atomic E-state index is -1.37. The van der Waals surface area contributed by atoms with Crippen LogP contribution in [-0.4, -0.2) is 308 Å². The van der Waals surface area contributed by atoms with E-state index in [1.807, 2.05) is 46.8 Å². The molecule has 3 N–H and O–H groups in total. The Kier molecular flexibility index (Phi) is 43.5. The zero-order chi connectivity index (χ0) is 90.0. The third-order valence-corrected chi connectivity index (χ3v) is 23.8. The van der Waals surface area contributed by atoms with Crippen LogP contribution >= 0.6 is 0 Å². The summed E-state index contributed by atoms with van der Waals surface area (Å²) in [4.78, 5) is 132. The van der Waals surface area contributed by atoms with Crippen molar-refractivity contribution in [1.29, 1.82) is 0 Å². The number of hydrogen-bond acceptors (Lipinski definition) is 33. The summed E-state index contributed by atoms with van der Waals surface area (Å²) in [6, 6.07) is -1.45. The molecule has 6 heterocycles. The number of rotatable bonds is 26. The van der Waals surface area contributed by atoms with Gasteiger partial charge in [-0.1, -0.05) is 83.9 Å². The second-order valence-electron chi connectivity index (χ2n) is 33.4. The van der Waals surface area contributed by atoms with Crippen molar-refractivity contribution in [3.8, 4) is 0 Å². The second-order valence-corrected chi connectivity index (χ2v) is 33.4. The van der Waals surface area contributed by atoms with Gasteiger partial charge in [0.15, 0.2) is 48.9 Å². The average molecular weight is 1710 g/mol. The number of allylic oxidation sites excluding steroid dienone is 6. The number of aliphatic hydroxyl groups excluding tert-OH is 3. The summed E-state index contributed by atoms with van der Waals surface area (Å²) >= 11 is 0. The number of ketones is 2. The Labute approximate surface area is 708 Å². The van der Waals surface area contributed by atoms with E-state index in [0.717, 1.165) is 11.9 Å². The summed E-state index contributed by atoms with van der Waals surface area (Å²) in [5.74, 6) is -9.48. The molecule has 34 atom stereocenters. The third-order valence-electron chi connectivity index (χ3n) is 23.8. The predicted octanol–water partition coefficient (Wildman–Crippen LogP) is 6.68. The highest BCUT2D eigenvalue weighted by atomic mass is 16.7. The maximum absolute atomic E-state index is 13.8. The Morgan fingerprint density at radius 1 is 0.442 bits per heavy atom. The normalized spacial score (nSPS) is 40.2. The first-order valence-corrected chi connectivity index (χ1v) is 42.0. The molecule has 0 aromatic heterocycles. The van der Waals surface area contributed by atoms with Crippen molar-refractivity contribution < 1.29 is 149 Å². The van der Waals surface area contributed by atoms with E-state index < -0.39 is 237 Å². The molecule has 0 aliphatic carbocycles. The van der Waals surface area contributed by atoms with Crippen LogP contribution in [0, 0.1) is 53.3 Å². The number of cyclic esters (lactones) is 2. The minimum absolute atomic E-state index is 0.0110. The van der Waals surface area contributed by atoms with Crippen LogP contribution in [0.5, 0.6) is 0 Å². The number of carbonyl (C=O) groups excluding carboxylic acids is 10. The van der Waals surface area contributed by atoms with Crippen LogP contribution in [0.25, 0.3) is 0 Å². The monoisotopic (exact) mass is 1710 g/mol. The molecule has 0 amide bonds. The van der Waals surface area contributed by atoms with Gasteiger partial charge < -0.3 is 110 Å². The van der Waals surface area contributed by atoms with E-state index in [4.69, 9.17) is 85.3 Å². The summed E-state index contributed by atoms with van der Waals surface area (Å²) in [5.41, 5.74) is 1.40. The van der Waals surface area contributed by atoms with Crippen molar-refractivity contribution in [3.05, 3.63) is 47.6 Å². The molecule has 6 rings (SSSR count). The molecule has 684 valence electrons. The molecule has 6 aliphatic heterocycles. The van der Waals surface area contributed by atoms with Crippen molar-refractivity contribution in [2.45, 2.75) is 322 Å². The van der Waals surface area contributed by atoms with Crippen molar-refractivity contribution in [1.82, 2.24) is 9.80 Å². The first-order valence-electron chi connectivity index (χ1n) is 42.0. The number of methoxy groups -OCH3 is 4.